The number of amides is 1. The summed E-state index contributed by atoms with van der Waals surface area (Å²) in [5.74, 6) is 0.193. The molecule has 3 heterocycles. The summed E-state index contributed by atoms with van der Waals surface area (Å²) >= 11 is 0. The zero-order valence-electron chi connectivity index (χ0n) is 9.02. The standard InChI is InChI=1S/C11H14N4O/c16-10-3-11(1-2-12-6-11)7-15(10)9-4-13-8-14-5-9/h4-5,8,12H,1-3,6-7H2. The van der Waals surface area contributed by atoms with Gasteiger partial charge in [0.2, 0.25) is 5.91 Å². The number of hydrogen-bond acceptors (Lipinski definition) is 4. The van der Waals surface area contributed by atoms with Crippen LogP contribution in [0.5, 0.6) is 0 Å². The minimum absolute atomic E-state index is 0.146. The van der Waals surface area contributed by atoms with Crippen LogP contribution in [0, 0.1) is 5.41 Å². The molecule has 0 aliphatic carbocycles. The first kappa shape index (κ1) is 9.72. The average molecular weight is 218 g/mol. The molecule has 0 saturated carbocycles. The monoisotopic (exact) mass is 218 g/mol. The van der Waals surface area contributed by atoms with E-state index in [9.17, 15) is 4.79 Å². The van der Waals surface area contributed by atoms with Gasteiger partial charge in [0.25, 0.3) is 0 Å². The normalized spacial score (nSPS) is 29.2. The summed E-state index contributed by atoms with van der Waals surface area (Å²) in [6, 6.07) is 0. The Labute approximate surface area is 93.9 Å². The minimum atomic E-state index is 0.146. The second kappa shape index (κ2) is 3.52. The van der Waals surface area contributed by atoms with Crippen LogP contribution in [0.1, 0.15) is 12.8 Å². The van der Waals surface area contributed by atoms with Gasteiger partial charge in [0, 0.05) is 24.9 Å². The van der Waals surface area contributed by atoms with Gasteiger partial charge in [-0.25, -0.2) is 9.97 Å². The molecule has 0 radical (unpaired) electrons. The Kier molecular flexibility index (Phi) is 2.14. The molecule has 16 heavy (non-hydrogen) atoms. The third-order valence-electron chi connectivity index (χ3n) is 3.51. The summed E-state index contributed by atoms with van der Waals surface area (Å²) < 4.78 is 0. The quantitative estimate of drug-likeness (QED) is 0.731. The van der Waals surface area contributed by atoms with Crippen LogP contribution in [0.2, 0.25) is 0 Å². The van der Waals surface area contributed by atoms with E-state index < -0.39 is 0 Å². The number of aromatic nitrogens is 2. The van der Waals surface area contributed by atoms with Crippen LogP contribution in [-0.4, -0.2) is 35.5 Å². The lowest BCUT2D eigenvalue weighted by Gasteiger charge is -2.21. The van der Waals surface area contributed by atoms with Gasteiger partial charge >= 0.3 is 0 Å². The molecule has 2 aliphatic rings. The molecule has 1 N–H and O–H groups in total. The van der Waals surface area contributed by atoms with Crippen LogP contribution in [0.3, 0.4) is 0 Å². The number of rotatable bonds is 1. The van der Waals surface area contributed by atoms with Crippen molar-refractivity contribution in [2.24, 2.45) is 5.41 Å². The summed E-state index contributed by atoms with van der Waals surface area (Å²) in [5, 5.41) is 3.34. The zero-order valence-corrected chi connectivity index (χ0v) is 9.02. The second-order valence-electron chi connectivity index (χ2n) is 4.68. The summed E-state index contributed by atoms with van der Waals surface area (Å²) in [6.45, 7) is 2.77. The molecule has 1 unspecified atom stereocenters. The first-order chi connectivity index (χ1) is 7.79. The van der Waals surface area contributed by atoms with Gasteiger partial charge < -0.3 is 10.2 Å². The second-order valence-corrected chi connectivity index (χ2v) is 4.68. The maximum Gasteiger partial charge on any atom is 0.227 e. The van der Waals surface area contributed by atoms with Crippen molar-refractivity contribution in [1.29, 1.82) is 0 Å². The molecular formula is C11H14N4O. The first-order valence-corrected chi connectivity index (χ1v) is 5.55. The number of carbonyl (C=O) groups excluding carboxylic acids is 1. The summed E-state index contributed by atoms with van der Waals surface area (Å²) in [6.07, 6.45) is 6.62. The van der Waals surface area contributed by atoms with E-state index in [1.165, 1.54) is 6.33 Å². The van der Waals surface area contributed by atoms with E-state index in [2.05, 4.69) is 15.3 Å². The topological polar surface area (TPSA) is 58.1 Å². The summed E-state index contributed by atoms with van der Waals surface area (Å²) in [5.41, 5.74) is 0.962. The molecule has 84 valence electrons. The maximum absolute atomic E-state index is 12.0. The Hall–Kier alpha value is -1.49. The smallest absolute Gasteiger partial charge is 0.227 e. The van der Waals surface area contributed by atoms with Crippen molar-refractivity contribution < 1.29 is 4.79 Å². The third kappa shape index (κ3) is 1.48. The van der Waals surface area contributed by atoms with Gasteiger partial charge in [-0.2, -0.15) is 0 Å². The Bertz CT molecular complexity index is 400. The van der Waals surface area contributed by atoms with E-state index in [4.69, 9.17) is 0 Å². The largest absolute Gasteiger partial charge is 0.316 e. The molecule has 1 spiro atoms. The molecule has 5 heteroatoms. The minimum Gasteiger partial charge on any atom is -0.316 e. The van der Waals surface area contributed by atoms with Crippen LogP contribution >= 0.6 is 0 Å². The molecule has 2 fully saturated rings. The molecule has 1 amide bonds. The predicted molar refractivity (Wildman–Crippen MR) is 58.9 cm³/mol. The molecule has 2 saturated heterocycles. The number of hydrogen-bond donors (Lipinski definition) is 1. The van der Waals surface area contributed by atoms with Crippen molar-refractivity contribution in [2.45, 2.75) is 12.8 Å². The highest BCUT2D eigenvalue weighted by Crippen LogP contribution is 2.38. The average Bonchev–Trinajstić information content (AvgIpc) is 2.88. The Morgan fingerprint density at radius 2 is 2.19 bits per heavy atom. The molecule has 1 atom stereocenters. The predicted octanol–water partition coefficient (Wildman–Crippen LogP) is 0.193. The van der Waals surface area contributed by atoms with Gasteiger partial charge in [-0.15, -0.1) is 0 Å². The molecular weight excluding hydrogens is 204 g/mol. The molecule has 5 nitrogen and oxygen atoms in total. The van der Waals surface area contributed by atoms with Crippen LogP contribution in [0.4, 0.5) is 5.69 Å². The Balaban J connectivity index is 1.86. The zero-order chi connectivity index (χ0) is 11.0. The van der Waals surface area contributed by atoms with Gasteiger partial charge in [-0.05, 0) is 13.0 Å². The van der Waals surface area contributed by atoms with E-state index in [-0.39, 0.29) is 11.3 Å². The lowest BCUT2D eigenvalue weighted by atomic mass is 9.86. The van der Waals surface area contributed by atoms with Crippen molar-refractivity contribution >= 4 is 11.6 Å². The van der Waals surface area contributed by atoms with Crippen LogP contribution in [-0.2, 0) is 4.79 Å². The van der Waals surface area contributed by atoms with Crippen molar-refractivity contribution in [2.75, 3.05) is 24.5 Å². The van der Waals surface area contributed by atoms with Crippen molar-refractivity contribution in [1.82, 2.24) is 15.3 Å². The lowest BCUT2D eigenvalue weighted by Crippen LogP contribution is -2.30. The van der Waals surface area contributed by atoms with Crippen LogP contribution in [0.25, 0.3) is 0 Å². The number of nitrogens with one attached hydrogen (secondary N) is 1. The van der Waals surface area contributed by atoms with Gasteiger partial charge in [0.05, 0.1) is 18.1 Å². The van der Waals surface area contributed by atoms with Crippen molar-refractivity contribution in [3.8, 4) is 0 Å². The van der Waals surface area contributed by atoms with Gasteiger partial charge in [-0.3, -0.25) is 4.79 Å². The maximum atomic E-state index is 12.0. The SMILES string of the molecule is O=C1CC2(CCNC2)CN1c1cncnc1. The molecule has 1 aromatic rings. The fourth-order valence-corrected chi connectivity index (χ4v) is 2.64. The van der Waals surface area contributed by atoms with E-state index in [1.54, 1.807) is 12.4 Å². The third-order valence-corrected chi connectivity index (χ3v) is 3.51. The van der Waals surface area contributed by atoms with Crippen LogP contribution < -0.4 is 10.2 Å². The molecule has 1 aromatic heterocycles. The van der Waals surface area contributed by atoms with Crippen LogP contribution in [0.15, 0.2) is 18.7 Å². The van der Waals surface area contributed by atoms with Crippen molar-refractivity contribution in [3.05, 3.63) is 18.7 Å². The molecule has 0 bridgehead atoms. The van der Waals surface area contributed by atoms with E-state index in [1.807, 2.05) is 4.90 Å². The number of carbonyl (C=O) groups is 1. The lowest BCUT2D eigenvalue weighted by molar-refractivity contribution is -0.117. The van der Waals surface area contributed by atoms with E-state index in [0.717, 1.165) is 31.7 Å². The summed E-state index contributed by atoms with van der Waals surface area (Å²) in [7, 11) is 0. The number of nitrogens with zero attached hydrogens (tertiary/aromatic N) is 3. The fraction of sp³-hybridized carbons (Fsp3) is 0.545. The van der Waals surface area contributed by atoms with E-state index in [0.29, 0.717) is 6.42 Å². The molecule has 2 aliphatic heterocycles. The molecule has 0 aromatic carbocycles. The van der Waals surface area contributed by atoms with Crippen molar-refractivity contribution in [3.63, 3.8) is 0 Å². The van der Waals surface area contributed by atoms with Gasteiger partial charge in [0.15, 0.2) is 0 Å². The highest BCUT2D eigenvalue weighted by Gasteiger charge is 2.45. The number of anilines is 1. The first-order valence-electron chi connectivity index (χ1n) is 5.55. The van der Waals surface area contributed by atoms with Gasteiger partial charge in [0.1, 0.15) is 6.33 Å². The Morgan fingerprint density at radius 1 is 1.38 bits per heavy atom. The molecule has 3 rings (SSSR count). The fourth-order valence-electron chi connectivity index (χ4n) is 2.64. The highest BCUT2D eigenvalue weighted by molar-refractivity contribution is 5.96. The van der Waals surface area contributed by atoms with Gasteiger partial charge in [-0.1, -0.05) is 0 Å². The van der Waals surface area contributed by atoms with E-state index >= 15 is 0 Å². The summed E-state index contributed by atoms with van der Waals surface area (Å²) in [4.78, 5) is 21.7. The highest BCUT2D eigenvalue weighted by atomic mass is 16.2. The Morgan fingerprint density at radius 3 is 2.88 bits per heavy atom.